The zero-order valence-corrected chi connectivity index (χ0v) is 11.0. The highest BCUT2D eigenvalue weighted by Gasteiger charge is 2.17. The Bertz CT molecular complexity index is 595. The SMILES string of the molecule is O=c1[nH]c2cc(Br)ccc2n1CC1CCCN1. The Kier molecular flexibility index (Phi) is 2.80. The van der Waals surface area contributed by atoms with Crippen LogP contribution in [0.2, 0.25) is 0 Å². The molecule has 1 saturated heterocycles. The van der Waals surface area contributed by atoms with E-state index >= 15 is 0 Å². The van der Waals surface area contributed by atoms with Gasteiger partial charge in [0.15, 0.2) is 0 Å². The highest BCUT2D eigenvalue weighted by Crippen LogP contribution is 2.18. The lowest BCUT2D eigenvalue weighted by Crippen LogP contribution is -2.31. The van der Waals surface area contributed by atoms with Crippen molar-refractivity contribution in [2.24, 2.45) is 0 Å². The Morgan fingerprint density at radius 2 is 2.35 bits per heavy atom. The quantitative estimate of drug-likeness (QED) is 0.888. The van der Waals surface area contributed by atoms with Gasteiger partial charge in [-0.3, -0.25) is 4.57 Å². The maximum atomic E-state index is 11.9. The number of hydrogen-bond acceptors (Lipinski definition) is 2. The molecule has 5 heteroatoms. The van der Waals surface area contributed by atoms with Crippen molar-refractivity contribution in [2.45, 2.75) is 25.4 Å². The van der Waals surface area contributed by atoms with Crippen LogP contribution in [0.3, 0.4) is 0 Å². The number of hydrogen-bond donors (Lipinski definition) is 2. The Balaban J connectivity index is 2.02. The van der Waals surface area contributed by atoms with Crippen LogP contribution in [-0.4, -0.2) is 22.1 Å². The highest BCUT2D eigenvalue weighted by atomic mass is 79.9. The third kappa shape index (κ3) is 2.05. The van der Waals surface area contributed by atoms with Crippen LogP contribution in [0.25, 0.3) is 11.0 Å². The van der Waals surface area contributed by atoms with Gasteiger partial charge >= 0.3 is 5.69 Å². The number of nitrogens with one attached hydrogen (secondary N) is 2. The number of benzene rings is 1. The van der Waals surface area contributed by atoms with E-state index in [1.165, 1.54) is 6.42 Å². The summed E-state index contributed by atoms with van der Waals surface area (Å²) in [6, 6.07) is 6.31. The number of fused-ring (bicyclic) bond motifs is 1. The number of imidazole rings is 1. The van der Waals surface area contributed by atoms with Crippen LogP contribution in [-0.2, 0) is 6.54 Å². The van der Waals surface area contributed by atoms with Crippen LogP contribution >= 0.6 is 15.9 Å². The number of H-pyrrole nitrogens is 1. The van der Waals surface area contributed by atoms with Crippen molar-refractivity contribution in [2.75, 3.05) is 6.54 Å². The third-order valence-corrected chi connectivity index (χ3v) is 3.79. The molecule has 1 aliphatic rings. The number of aromatic nitrogens is 2. The molecular formula is C12H14BrN3O. The Labute approximate surface area is 107 Å². The summed E-state index contributed by atoms with van der Waals surface area (Å²) >= 11 is 3.41. The summed E-state index contributed by atoms with van der Waals surface area (Å²) in [4.78, 5) is 14.8. The first kappa shape index (κ1) is 11.0. The molecule has 17 heavy (non-hydrogen) atoms. The molecule has 0 spiro atoms. The summed E-state index contributed by atoms with van der Waals surface area (Å²) in [6.07, 6.45) is 2.35. The summed E-state index contributed by atoms with van der Waals surface area (Å²) in [7, 11) is 0. The predicted molar refractivity (Wildman–Crippen MR) is 71.3 cm³/mol. The molecule has 2 N–H and O–H groups in total. The Hall–Kier alpha value is -1.07. The van der Waals surface area contributed by atoms with Crippen molar-refractivity contribution in [1.29, 1.82) is 0 Å². The minimum atomic E-state index is -0.0215. The van der Waals surface area contributed by atoms with Gasteiger partial charge in [-0.15, -0.1) is 0 Å². The largest absolute Gasteiger partial charge is 0.326 e. The molecule has 0 saturated carbocycles. The fraction of sp³-hybridized carbons (Fsp3) is 0.417. The van der Waals surface area contributed by atoms with E-state index in [4.69, 9.17) is 0 Å². The molecule has 0 radical (unpaired) electrons. The van der Waals surface area contributed by atoms with E-state index < -0.39 is 0 Å². The minimum Gasteiger partial charge on any atom is -0.312 e. The van der Waals surface area contributed by atoms with E-state index in [-0.39, 0.29) is 5.69 Å². The molecule has 90 valence electrons. The summed E-state index contributed by atoms with van der Waals surface area (Å²) in [5.74, 6) is 0. The van der Waals surface area contributed by atoms with Crippen LogP contribution in [0, 0.1) is 0 Å². The summed E-state index contributed by atoms with van der Waals surface area (Å²) in [6.45, 7) is 1.81. The van der Waals surface area contributed by atoms with Crippen molar-refractivity contribution in [1.82, 2.24) is 14.9 Å². The zero-order chi connectivity index (χ0) is 11.8. The molecule has 1 aliphatic heterocycles. The van der Waals surface area contributed by atoms with Gasteiger partial charge in [-0.1, -0.05) is 15.9 Å². The van der Waals surface area contributed by atoms with Crippen LogP contribution in [0.1, 0.15) is 12.8 Å². The third-order valence-electron chi connectivity index (χ3n) is 3.30. The van der Waals surface area contributed by atoms with Gasteiger partial charge in [-0.25, -0.2) is 4.79 Å². The van der Waals surface area contributed by atoms with Crippen LogP contribution in [0.15, 0.2) is 27.5 Å². The van der Waals surface area contributed by atoms with Crippen molar-refractivity contribution >= 4 is 27.0 Å². The second kappa shape index (κ2) is 4.31. The first-order valence-electron chi connectivity index (χ1n) is 5.85. The van der Waals surface area contributed by atoms with E-state index in [1.807, 2.05) is 22.8 Å². The second-order valence-corrected chi connectivity index (χ2v) is 5.41. The van der Waals surface area contributed by atoms with Gasteiger partial charge in [0.05, 0.1) is 11.0 Å². The van der Waals surface area contributed by atoms with Gasteiger partial charge in [-0.2, -0.15) is 0 Å². The summed E-state index contributed by atoms with van der Waals surface area (Å²) in [5.41, 5.74) is 1.85. The summed E-state index contributed by atoms with van der Waals surface area (Å²) < 4.78 is 2.81. The molecular weight excluding hydrogens is 282 g/mol. The smallest absolute Gasteiger partial charge is 0.312 e. The molecule has 2 aromatic rings. The lowest BCUT2D eigenvalue weighted by molar-refractivity contribution is 0.509. The van der Waals surface area contributed by atoms with Gasteiger partial charge < -0.3 is 10.3 Å². The van der Waals surface area contributed by atoms with Crippen LogP contribution in [0.4, 0.5) is 0 Å². The van der Waals surface area contributed by atoms with Crippen molar-refractivity contribution in [3.05, 3.63) is 33.2 Å². The lowest BCUT2D eigenvalue weighted by Gasteiger charge is -2.10. The van der Waals surface area contributed by atoms with Crippen LogP contribution < -0.4 is 11.0 Å². The zero-order valence-electron chi connectivity index (χ0n) is 9.37. The average Bonchev–Trinajstić information content (AvgIpc) is 2.88. The normalized spacial score (nSPS) is 20.2. The maximum Gasteiger partial charge on any atom is 0.326 e. The minimum absolute atomic E-state index is 0.0215. The molecule has 0 aliphatic carbocycles. The monoisotopic (exact) mass is 295 g/mol. The van der Waals surface area contributed by atoms with Crippen molar-refractivity contribution < 1.29 is 0 Å². The van der Waals surface area contributed by atoms with Gasteiger partial charge in [0.25, 0.3) is 0 Å². The first-order valence-corrected chi connectivity index (χ1v) is 6.65. The first-order chi connectivity index (χ1) is 8.24. The standard InChI is InChI=1S/C12H14BrN3O/c13-8-3-4-11-10(6-8)15-12(17)16(11)7-9-2-1-5-14-9/h3-4,6,9,14H,1-2,5,7H2,(H,15,17). The topological polar surface area (TPSA) is 49.8 Å². The van der Waals surface area contributed by atoms with Gasteiger partial charge in [-0.05, 0) is 37.6 Å². The average molecular weight is 296 g/mol. The van der Waals surface area contributed by atoms with E-state index in [2.05, 4.69) is 26.2 Å². The molecule has 0 bridgehead atoms. The molecule has 2 heterocycles. The van der Waals surface area contributed by atoms with Gasteiger partial charge in [0.2, 0.25) is 0 Å². The van der Waals surface area contributed by atoms with E-state index in [9.17, 15) is 4.79 Å². The maximum absolute atomic E-state index is 11.9. The molecule has 3 rings (SSSR count). The number of halogens is 1. The fourth-order valence-corrected chi connectivity index (χ4v) is 2.81. The summed E-state index contributed by atoms with van der Waals surface area (Å²) in [5, 5.41) is 3.42. The van der Waals surface area contributed by atoms with Crippen LogP contribution in [0.5, 0.6) is 0 Å². The molecule has 1 unspecified atom stereocenters. The Morgan fingerprint density at radius 3 is 3.12 bits per heavy atom. The van der Waals surface area contributed by atoms with Gasteiger partial charge in [0, 0.05) is 17.1 Å². The Morgan fingerprint density at radius 1 is 1.47 bits per heavy atom. The number of aromatic amines is 1. The van der Waals surface area contributed by atoms with E-state index in [0.29, 0.717) is 6.04 Å². The predicted octanol–water partition coefficient (Wildman–Crippen LogP) is 1.84. The molecule has 1 aromatic heterocycles. The molecule has 1 aromatic carbocycles. The lowest BCUT2D eigenvalue weighted by atomic mass is 10.2. The molecule has 1 fully saturated rings. The second-order valence-electron chi connectivity index (χ2n) is 4.50. The van der Waals surface area contributed by atoms with Gasteiger partial charge in [0.1, 0.15) is 0 Å². The van der Waals surface area contributed by atoms with E-state index in [1.54, 1.807) is 0 Å². The highest BCUT2D eigenvalue weighted by molar-refractivity contribution is 9.10. The van der Waals surface area contributed by atoms with Crippen molar-refractivity contribution in [3.8, 4) is 0 Å². The fourth-order valence-electron chi connectivity index (χ4n) is 2.45. The van der Waals surface area contributed by atoms with Crippen molar-refractivity contribution in [3.63, 3.8) is 0 Å². The van der Waals surface area contributed by atoms with E-state index in [0.717, 1.165) is 35.0 Å². The number of nitrogens with zero attached hydrogens (tertiary/aromatic N) is 1. The molecule has 1 atom stereocenters. The number of rotatable bonds is 2. The molecule has 4 nitrogen and oxygen atoms in total. The molecule has 0 amide bonds.